The molecule has 1 aromatic heterocycles. The molecule has 0 aliphatic heterocycles. The van der Waals surface area contributed by atoms with Gasteiger partial charge in [0.25, 0.3) is 0 Å². The molecule has 0 bridgehead atoms. The number of allylic oxidation sites excluding steroid dienone is 2. The van der Waals surface area contributed by atoms with Crippen LogP contribution < -0.4 is 5.32 Å². The molecule has 2 aromatic rings. The average molecular weight is 773 g/mol. The highest BCUT2D eigenvalue weighted by atomic mass is 19.1. The highest BCUT2D eigenvalue weighted by molar-refractivity contribution is 6.01. The number of carbonyl (C=O) groups excluding carboxylic acids is 2. The lowest BCUT2D eigenvalue weighted by Gasteiger charge is -2.72. The monoisotopic (exact) mass is 772 g/mol. The van der Waals surface area contributed by atoms with Crippen LogP contribution in [0.15, 0.2) is 35.4 Å². The molecule has 0 spiro atoms. The quantitative estimate of drug-likeness (QED) is 0.230. The Bertz CT molecular complexity index is 1930. The predicted molar refractivity (Wildman–Crippen MR) is 214 cm³/mol. The van der Waals surface area contributed by atoms with Crippen molar-refractivity contribution in [3.63, 3.8) is 0 Å². The first kappa shape index (κ1) is 40.8. The first-order valence-corrected chi connectivity index (χ1v) is 21.2. The predicted octanol–water partition coefficient (Wildman–Crippen LogP) is 8.95. The van der Waals surface area contributed by atoms with Crippen LogP contribution >= 0.6 is 0 Å². The van der Waals surface area contributed by atoms with E-state index in [9.17, 15) is 23.9 Å². The Labute approximate surface area is 333 Å². The van der Waals surface area contributed by atoms with Crippen molar-refractivity contribution in [2.45, 2.75) is 145 Å². The van der Waals surface area contributed by atoms with E-state index in [4.69, 9.17) is 14.9 Å². The summed E-state index contributed by atoms with van der Waals surface area (Å²) in [5, 5.41) is 22.7. The molecular formula is C46H65FN4O5. The van der Waals surface area contributed by atoms with Crippen LogP contribution in [-0.4, -0.2) is 57.3 Å². The fourth-order valence-corrected chi connectivity index (χ4v) is 13.6. The van der Waals surface area contributed by atoms with Crippen LogP contribution in [0, 0.1) is 56.6 Å². The zero-order valence-corrected chi connectivity index (χ0v) is 35.5. The smallest absolute Gasteiger partial charge is 0.309 e. The summed E-state index contributed by atoms with van der Waals surface area (Å²) < 4.78 is 22.4. The number of aromatic nitrogens is 3. The van der Waals surface area contributed by atoms with Gasteiger partial charge in [0.1, 0.15) is 17.7 Å². The maximum absolute atomic E-state index is 14.4. The molecule has 1 aromatic carbocycles. The molecule has 1 heterocycles. The van der Waals surface area contributed by atoms with Gasteiger partial charge in [-0.3, -0.25) is 14.4 Å². The first-order valence-electron chi connectivity index (χ1n) is 21.2. The normalized spacial score (nSPS) is 35.1. The number of ether oxygens (including phenoxy) is 1. The average Bonchev–Trinajstić information content (AvgIpc) is 3.68. The van der Waals surface area contributed by atoms with Gasteiger partial charge in [-0.25, -0.2) is 4.39 Å². The van der Waals surface area contributed by atoms with E-state index in [2.05, 4.69) is 58.4 Å². The Morgan fingerprint density at radius 1 is 0.964 bits per heavy atom. The lowest BCUT2D eigenvalue weighted by Crippen LogP contribution is -2.66. The molecule has 56 heavy (non-hydrogen) atoms. The van der Waals surface area contributed by atoms with Gasteiger partial charge >= 0.3 is 11.9 Å². The second-order valence-corrected chi connectivity index (χ2v) is 20.6. The van der Waals surface area contributed by atoms with Crippen molar-refractivity contribution < 1.29 is 28.6 Å². The summed E-state index contributed by atoms with van der Waals surface area (Å²) in [7, 11) is 1.94. The number of hydrogen-bond donors (Lipinski definition) is 2. The van der Waals surface area contributed by atoms with Crippen molar-refractivity contribution in [2.24, 2.45) is 50.7 Å². The topological polar surface area (TPSA) is 123 Å². The number of halogens is 1. The van der Waals surface area contributed by atoms with Gasteiger partial charge in [-0.15, -0.1) is 10.2 Å². The number of nitrogens with one attached hydrogen (secondary N) is 1. The van der Waals surface area contributed by atoms with Crippen molar-refractivity contribution >= 4 is 17.7 Å². The summed E-state index contributed by atoms with van der Waals surface area (Å²) in [6.07, 6.45) is 7.76. The molecule has 5 aliphatic rings. The minimum atomic E-state index is -1.18. The fraction of sp³-hybridized carbons (Fsp3) is 0.717. The zero-order chi connectivity index (χ0) is 40.8. The molecule has 9 nitrogen and oxygen atoms in total. The van der Waals surface area contributed by atoms with Gasteiger partial charge in [0.05, 0.1) is 17.3 Å². The number of rotatable bonds is 10. The van der Waals surface area contributed by atoms with Gasteiger partial charge in [-0.05, 0) is 148 Å². The van der Waals surface area contributed by atoms with E-state index in [1.807, 2.05) is 7.05 Å². The number of nitrogens with zero attached hydrogens (tertiary/aromatic N) is 3. The van der Waals surface area contributed by atoms with Crippen LogP contribution in [0.2, 0.25) is 0 Å². The maximum atomic E-state index is 14.4. The van der Waals surface area contributed by atoms with E-state index in [1.165, 1.54) is 17.7 Å². The van der Waals surface area contributed by atoms with Gasteiger partial charge in [-0.2, -0.15) is 0 Å². The van der Waals surface area contributed by atoms with E-state index in [-0.39, 0.29) is 57.6 Å². The molecule has 10 heteroatoms. The minimum Gasteiger partial charge on any atom is -0.481 e. The largest absolute Gasteiger partial charge is 0.481 e. The second kappa shape index (κ2) is 13.9. The van der Waals surface area contributed by atoms with Crippen LogP contribution in [0.3, 0.4) is 0 Å². The number of hydrogen-bond acceptors (Lipinski definition) is 7. The minimum absolute atomic E-state index is 0.0260. The maximum Gasteiger partial charge on any atom is 0.309 e. The lowest BCUT2D eigenvalue weighted by molar-refractivity contribution is -0.232. The Morgan fingerprint density at radius 2 is 1.66 bits per heavy atom. The Hall–Kier alpha value is -3.40. The van der Waals surface area contributed by atoms with Gasteiger partial charge in [0.15, 0.2) is 11.6 Å². The molecule has 4 saturated carbocycles. The van der Waals surface area contributed by atoms with Crippen LogP contribution in [0.25, 0.3) is 11.4 Å². The van der Waals surface area contributed by atoms with Crippen molar-refractivity contribution in [2.75, 3.05) is 13.6 Å². The third kappa shape index (κ3) is 5.95. The van der Waals surface area contributed by atoms with E-state index < -0.39 is 22.8 Å². The van der Waals surface area contributed by atoms with E-state index in [1.54, 1.807) is 26.0 Å². The molecule has 7 rings (SSSR count). The number of benzene rings is 1. The second-order valence-electron chi connectivity index (χ2n) is 20.6. The number of fused-ring (bicyclic) bond motifs is 7. The van der Waals surface area contributed by atoms with Crippen LogP contribution in [0.4, 0.5) is 4.39 Å². The summed E-state index contributed by atoms with van der Waals surface area (Å²) in [5.74, 6) is 1.25. The zero-order valence-electron chi connectivity index (χ0n) is 35.5. The number of likely N-dealkylation sites (N-methyl/N-ethyl adjacent to an activating group) is 1. The third-order valence-corrected chi connectivity index (χ3v) is 16.7. The number of ketones is 1. The van der Waals surface area contributed by atoms with Crippen LogP contribution in [-0.2, 0) is 31.1 Å². The number of carboxylic acid groups (broad SMARTS) is 1. The molecule has 5 aliphatic carbocycles. The van der Waals surface area contributed by atoms with Crippen molar-refractivity contribution in [1.29, 1.82) is 0 Å². The van der Waals surface area contributed by atoms with Gasteiger partial charge in [-0.1, -0.05) is 48.5 Å². The molecule has 306 valence electrons. The van der Waals surface area contributed by atoms with Crippen LogP contribution in [0.1, 0.15) is 132 Å². The Balaban J connectivity index is 1.24. The van der Waals surface area contributed by atoms with E-state index in [0.717, 1.165) is 68.3 Å². The number of Topliss-reactive ketones (excluding diaryl/α,β-unsaturated/α-hetero) is 1. The number of aliphatic carboxylic acids is 1. The molecule has 4 fully saturated rings. The molecule has 8 unspecified atom stereocenters. The fourth-order valence-electron chi connectivity index (χ4n) is 13.6. The molecule has 0 saturated heterocycles. The Kier molecular flexibility index (Phi) is 10.1. The first-order chi connectivity index (χ1) is 26.2. The standard InChI is InChI=1S/C46H65FN4O5/c1-27(2)36-31(52)25-46(39-50-49-38(51(39)24-23-48-10)28-11-13-29(47)14-12-28)22-21-44(8)30(37(36)46)15-16-33-43(7)19-18-34(56-35(53)26-41(3,4)40(54)55)42(5,6)32(43)17-20-45(33,44)9/h11-14,27,30,32-34,48H,15-26H2,1-10H3,(H,54,55). The van der Waals surface area contributed by atoms with Gasteiger partial charge < -0.3 is 19.7 Å². The molecule has 8 atom stereocenters. The lowest BCUT2D eigenvalue weighted by atomic mass is 9.33. The van der Waals surface area contributed by atoms with Crippen LogP contribution in [0.5, 0.6) is 0 Å². The SMILES string of the molecule is CNCCn1c(-c2ccc(F)cc2)nnc1C12CCC3(C)C(CCC4C5(C)CCC(OC(=O)CC(C)(C)C(=O)O)C(C)(C)C5CCC43C)C1=C(C(C)C)C(=O)C2. The highest BCUT2D eigenvalue weighted by Gasteiger charge is 2.71. The van der Waals surface area contributed by atoms with Crippen molar-refractivity contribution in [3.8, 4) is 11.4 Å². The number of carbonyl (C=O) groups is 3. The molecule has 0 radical (unpaired) electrons. The summed E-state index contributed by atoms with van der Waals surface area (Å²) in [6.45, 7) is 21.0. The van der Waals surface area contributed by atoms with Gasteiger partial charge in [0, 0.05) is 30.5 Å². The molecular weight excluding hydrogens is 708 g/mol. The number of esters is 1. The van der Waals surface area contributed by atoms with E-state index >= 15 is 0 Å². The molecule has 0 amide bonds. The summed E-state index contributed by atoms with van der Waals surface area (Å²) >= 11 is 0. The highest BCUT2D eigenvalue weighted by Crippen LogP contribution is 2.76. The van der Waals surface area contributed by atoms with E-state index in [0.29, 0.717) is 37.2 Å². The number of carboxylic acids is 1. The summed E-state index contributed by atoms with van der Waals surface area (Å²) in [6, 6.07) is 6.47. The Morgan fingerprint density at radius 3 is 2.30 bits per heavy atom. The van der Waals surface area contributed by atoms with Gasteiger partial charge in [0.2, 0.25) is 0 Å². The van der Waals surface area contributed by atoms with Crippen molar-refractivity contribution in [3.05, 3.63) is 47.1 Å². The third-order valence-electron chi connectivity index (χ3n) is 16.7. The summed E-state index contributed by atoms with van der Waals surface area (Å²) in [5.41, 5.74) is 1.19. The van der Waals surface area contributed by atoms with Crippen molar-refractivity contribution in [1.82, 2.24) is 20.1 Å². The summed E-state index contributed by atoms with van der Waals surface area (Å²) in [4.78, 5) is 39.4. The molecule has 2 N–H and O–H groups in total.